The number of carbonyl (C=O) groups excluding carboxylic acids is 1. The zero-order valence-corrected chi connectivity index (χ0v) is 12.8. The van der Waals surface area contributed by atoms with Gasteiger partial charge in [-0.2, -0.15) is 0 Å². The van der Waals surface area contributed by atoms with E-state index in [1.807, 2.05) is 20.8 Å². The SMILES string of the molecule is CC(C)(C)OC(=O)NC1CCC(N2CC[C@@H](F)C2)CC1. The number of halogens is 1. The highest BCUT2D eigenvalue weighted by atomic mass is 19.1. The van der Waals surface area contributed by atoms with E-state index in [1.165, 1.54) is 0 Å². The molecule has 1 aliphatic heterocycles. The molecule has 20 heavy (non-hydrogen) atoms. The Hall–Kier alpha value is -0.840. The predicted octanol–water partition coefficient (Wildman–Crippen LogP) is 2.87. The lowest BCUT2D eigenvalue weighted by Gasteiger charge is -2.34. The first-order valence-corrected chi connectivity index (χ1v) is 7.71. The van der Waals surface area contributed by atoms with Crippen LogP contribution < -0.4 is 5.32 Å². The third-order valence-corrected chi connectivity index (χ3v) is 4.10. The molecule has 2 rings (SSSR count). The minimum Gasteiger partial charge on any atom is -0.444 e. The molecule has 2 fully saturated rings. The smallest absolute Gasteiger partial charge is 0.407 e. The minimum atomic E-state index is -0.646. The van der Waals surface area contributed by atoms with Crippen LogP contribution in [0.4, 0.5) is 9.18 Å². The van der Waals surface area contributed by atoms with E-state index < -0.39 is 11.8 Å². The minimum absolute atomic E-state index is 0.199. The molecule has 0 radical (unpaired) electrons. The fraction of sp³-hybridized carbons (Fsp3) is 0.933. The van der Waals surface area contributed by atoms with E-state index in [4.69, 9.17) is 4.74 Å². The molecule has 1 amide bonds. The first-order chi connectivity index (χ1) is 9.33. The number of hydrogen-bond donors (Lipinski definition) is 1. The van der Waals surface area contributed by atoms with Crippen molar-refractivity contribution in [2.45, 2.75) is 76.7 Å². The Morgan fingerprint density at radius 2 is 1.85 bits per heavy atom. The van der Waals surface area contributed by atoms with Crippen molar-refractivity contribution in [1.29, 1.82) is 0 Å². The van der Waals surface area contributed by atoms with E-state index in [2.05, 4.69) is 10.2 Å². The van der Waals surface area contributed by atoms with Crippen molar-refractivity contribution in [3.63, 3.8) is 0 Å². The van der Waals surface area contributed by atoms with Crippen molar-refractivity contribution in [3.8, 4) is 0 Å². The van der Waals surface area contributed by atoms with Gasteiger partial charge < -0.3 is 10.1 Å². The standard InChI is InChI=1S/C15H27FN2O2/c1-15(2,3)20-14(19)17-12-4-6-13(7-5-12)18-9-8-11(16)10-18/h11-13H,4-10H2,1-3H3,(H,17,19)/t11-,12?,13?/m1/s1. The Bertz CT molecular complexity index is 335. The zero-order chi connectivity index (χ0) is 14.8. The number of nitrogens with one attached hydrogen (secondary N) is 1. The number of alkyl halides is 1. The summed E-state index contributed by atoms with van der Waals surface area (Å²) in [5.41, 5.74) is -0.451. The maximum absolute atomic E-state index is 13.2. The highest BCUT2D eigenvalue weighted by Crippen LogP contribution is 2.27. The Morgan fingerprint density at radius 1 is 1.20 bits per heavy atom. The molecule has 1 aliphatic carbocycles. The quantitative estimate of drug-likeness (QED) is 0.848. The molecule has 0 bridgehead atoms. The molecular formula is C15H27FN2O2. The number of rotatable bonds is 2. The van der Waals surface area contributed by atoms with Crippen LogP contribution in [0.1, 0.15) is 52.9 Å². The van der Waals surface area contributed by atoms with Crippen molar-refractivity contribution in [2.75, 3.05) is 13.1 Å². The van der Waals surface area contributed by atoms with E-state index in [-0.39, 0.29) is 12.1 Å². The van der Waals surface area contributed by atoms with Gasteiger partial charge >= 0.3 is 6.09 Å². The van der Waals surface area contributed by atoms with E-state index in [1.54, 1.807) is 0 Å². The fourth-order valence-corrected chi connectivity index (χ4v) is 3.13. The number of ether oxygens (including phenoxy) is 1. The van der Waals surface area contributed by atoms with Gasteiger partial charge in [0, 0.05) is 25.2 Å². The van der Waals surface area contributed by atoms with Crippen LogP contribution in [0.5, 0.6) is 0 Å². The van der Waals surface area contributed by atoms with Gasteiger partial charge in [-0.3, -0.25) is 4.90 Å². The highest BCUT2D eigenvalue weighted by molar-refractivity contribution is 5.68. The topological polar surface area (TPSA) is 41.6 Å². The predicted molar refractivity (Wildman–Crippen MR) is 76.5 cm³/mol. The highest BCUT2D eigenvalue weighted by Gasteiger charge is 2.31. The molecule has 1 saturated carbocycles. The van der Waals surface area contributed by atoms with Crippen molar-refractivity contribution < 1.29 is 13.9 Å². The molecule has 0 aromatic rings. The summed E-state index contributed by atoms with van der Waals surface area (Å²) in [4.78, 5) is 14.0. The summed E-state index contributed by atoms with van der Waals surface area (Å²) in [5, 5.41) is 2.94. The Labute approximate surface area is 121 Å². The van der Waals surface area contributed by atoms with E-state index >= 15 is 0 Å². The zero-order valence-electron chi connectivity index (χ0n) is 12.8. The Balaban J connectivity index is 1.70. The molecule has 1 atom stereocenters. The molecule has 0 aromatic heterocycles. The second-order valence-corrected chi connectivity index (χ2v) is 7.03. The molecule has 1 N–H and O–H groups in total. The monoisotopic (exact) mass is 286 g/mol. The Kier molecular flexibility index (Phi) is 4.89. The molecule has 5 heteroatoms. The summed E-state index contributed by atoms with van der Waals surface area (Å²) >= 11 is 0. The van der Waals surface area contributed by atoms with Crippen molar-refractivity contribution in [3.05, 3.63) is 0 Å². The lowest BCUT2D eigenvalue weighted by atomic mass is 9.90. The summed E-state index contributed by atoms with van der Waals surface area (Å²) in [5.74, 6) is 0. The van der Waals surface area contributed by atoms with Crippen LogP contribution in [0.15, 0.2) is 0 Å². The van der Waals surface area contributed by atoms with Crippen LogP contribution >= 0.6 is 0 Å². The maximum atomic E-state index is 13.2. The summed E-state index contributed by atoms with van der Waals surface area (Å²) in [7, 11) is 0. The second-order valence-electron chi connectivity index (χ2n) is 7.03. The molecule has 1 heterocycles. The van der Waals surface area contributed by atoms with Crippen LogP contribution in [-0.2, 0) is 4.74 Å². The van der Waals surface area contributed by atoms with Gasteiger partial charge in [0.1, 0.15) is 11.8 Å². The van der Waals surface area contributed by atoms with Crippen molar-refractivity contribution in [2.24, 2.45) is 0 Å². The third-order valence-electron chi connectivity index (χ3n) is 4.10. The van der Waals surface area contributed by atoms with Gasteiger partial charge in [0.2, 0.25) is 0 Å². The van der Waals surface area contributed by atoms with Gasteiger partial charge in [0.15, 0.2) is 0 Å². The first-order valence-electron chi connectivity index (χ1n) is 7.71. The van der Waals surface area contributed by atoms with Crippen molar-refractivity contribution in [1.82, 2.24) is 10.2 Å². The van der Waals surface area contributed by atoms with Crippen LogP contribution in [-0.4, -0.2) is 47.9 Å². The summed E-state index contributed by atoms with van der Waals surface area (Å²) < 4.78 is 18.5. The summed E-state index contributed by atoms with van der Waals surface area (Å²) in [6.07, 6.45) is 3.68. The largest absolute Gasteiger partial charge is 0.444 e. The molecule has 0 spiro atoms. The summed E-state index contributed by atoms with van der Waals surface area (Å²) in [6.45, 7) is 7.07. The van der Waals surface area contributed by atoms with Crippen LogP contribution in [0, 0.1) is 0 Å². The molecule has 0 aromatic carbocycles. The molecule has 1 saturated heterocycles. The van der Waals surface area contributed by atoms with Gasteiger partial charge in [-0.1, -0.05) is 0 Å². The second kappa shape index (κ2) is 6.29. The van der Waals surface area contributed by atoms with Crippen LogP contribution in [0.25, 0.3) is 0 Å². The lowest BCUT2D eigenvalue weighted by molar-refractivity contribution is 0.0479. The van der Waals surface area contributed by atoms with Gasteiger partial charge in [-0.15, -0.1) is 0 Å². The van der Waals surface area contributed by atoms with Gasteiger partial charge in [0.25, 0.3) is 0 Å². The first kappa shape index (κ1) is 15.5. The molecule has 4 nitrogen and oxygen atoms in total. The fourth-order valence-electron chi connectivity index (χ4n) is 3.13. The number of carbonyl (C=O) groups is 1. The number of hydrogen-bond acceptors (Lipinski definition) is 3. The molecule has 0 unspecified atom stereocenters. The van der Waals surface area contributed by atoms with E-state index in [0.717, 1.165) is 32.2 Å². The van der Waals surface area contributed by atoms with Crippen LogP contribution in [0.3, 0.4) is 0 Å². The average molecular weight is 286 g/mol. The number of likely N-dealkylation sites (tertiary alicyclic amines) is 1. The van der Waals surface area contributed by atoms with Gasteiger partial charge in [-0.25, -0.2) is 9.18 Å². The maximum Gasteiger partial charge on any atom is 0.407 e. The van der Waals surface area contributed by atoms with E-state index in [9.17, 15) is 9.18 Å². The van der Waals surface area contributed by atoms with E-state index in [0.29, 0.717) is 19.0 Å². The normalized spacial score (nSPS) is 32.1. The number of amides is 1. The van der Waals surface area contributed by atoms with Gasteiger partial charge in [0.05, 0.1) is 0 Å². The lowest BCUT2D eigenvalue weighted by Crippen LogP contribution is -2.44. The van der Waals surface area contributed by atoms with Crippen LogP contribution in [0.2, 0.25) is 0 Å². The number of nitrogens with zero attached hydrogens (tertiary/aromatic N) is 1. The molecule has 116 valence electrons. The molecule has 2 aliphatic rings. The average Bonchev–Trinajstić information content (AvgIpc) is 2.74. The van der Waals surface area contributed by atoms with Gasteiger partial charge in [-0.05, 0) is 52.9 Å². The third kappa shape index (κ3) is 4.62. The number of alkyl carbamates (subject to hydrolysis) is 1. The Morgan fingerprint density at radius 3 is 2.35 bits per heavy atom. The molecular weight excluding hydrogens is 259 g/mol. The summed E-state index contributed by atoms with van der Waals surface area (Å²) in [6, 6.07) is 0.692. The van der Waals surface area contributed by atoms with Crippen molar-refractivity contribution >= 4 is 6.09 Å².